The molecule has 0 bridgehead atoms. The van der Waals surface area contributed by atoms with Gasteiger partial charge in [0, 0.05) is 11.1 Å². The Morgan fingerprint density at radius 3 is 2.85 bits per heavy atom. The SMILES string of the molecule is COc1cc(C(=O)Nc2cc(Cl)ccc2[N+](=O)[O-])on1. The van der Waals surface area contributed by atoms with E-state index in [1.807, 2.05) is 0 Å². The molecule has 0 radical (unpaired) electrons. The fraction of sp³-hybridized carbons (Fsp3) is 0.0909. The molecule has 104 valence electrons. The van der Waals surface area contributed by atoms with Gasteiger partial charge in [-0.3, -0.25) is 14.9 Å². The third-order valence-electron chi connectivity index (χ3n) is 2.32. The van der Waals surface area contributed by atoms with E-state index in [1.165, 1.54) is 31.4 Å². The smallest absolute Gasteiger partial charge is 0.294 e. The topological polar surface area (TPSA) is 108 Å². The Morgan fingerprint density at radius 2 is 2.25 bits per heavy atom. The zero-order chi connectivity index (χ0) is 14.7. The molecule has 0 aliphatic carbocycles. The van der Waals surface area contributed by atoms with Crippen molar-refractivity contribution in [3.05, 3.63) is 45.2 Å². The van der Waals surface area contributed by atoms with Gasteiger partial charge in [-0.15, -0.1) is 0 Å². The third kappa shape index (κ3) is 2.86. The standard InChI is InChI=1S/C11H8ClN3O5/c1-19-10-5-9(20-14-10)11(16)13-7-4-6(12)2-3-8(7)15(17)18/h2-5H,1H3,(H,13,16). The highest BCUT2D eigenvalue weighted by atomic mass is 35.5. The van der Waals surface area contributed by atoms with Crippen molar-refractivity contribution in [1.29, 1.82) is 0 Å². The average molecular weight is 298 g/mol. The van der Waals surface area contributed by atoms with Crippen molar-refractivity contribution in [1.82, 2.24) is 5.16 Å². The van der Waals surface area contributed by atoms with Crippen LogP contribution in [0.5, 0.6) is 5.88 Å². The second-order valence-corrected chi connectivity index (χ2v) is 4.04. The van der Waals surface area contributed by atoms with Gasteiger partial charge in [0.25, 0.3) is 17.5 Å². The summed E-state index contributed by atoms with van der Waals surface area (Å²) in [6.07, 6.45) is 0. The predicted octanol–water partition coefficient (Wildman–Crippen LogP) is 2.50. The van der Waals surface area contributed by atoms with Crippen molar-refractivity contribution in [2.75, 3.05) is 12.4 Å². The van der Waals surface area contributed by atoms with E-state index in [-0.39, 0.29) is 28.0 Å². The number of nitrogens with zero attached hydrogens (tertiary/aromatic N) is 2. The molecule has 1 aromatic heterocycles. The molecule has 0 saturated carbocycles. The predicted molar refractivity (Wildman–Crippen MR) is 69.1 cm³/mol. The molecule has 1 aromatic carbocycles. The first-order valence-electron chi connectivity index (χ1n) is 5.27. The van der Waals surface area contributed by atoms with Crippen LogP contribution in [0.1, 0.15) is 10.6 Å². The molecule has 0 spiro atoms. The van der Waals surface area contributed by atoms with Crippen molar-refractivity contribution in [2.45, 2.75) is 0 Å². The van der Waals surface area contributed by atoms with Crippen molar-refractivity contribution in [2.24, 2.45) is 0 Å². The lowest BCUT2D eigenvalue weighted by Crippen LogP contribution is -2.12. The monoisotopic (exact) mass is 297 g/mol. The van der Waals surface area contributed by atoms with Crippen molar-refractivity contribution in [3.63, 3.8) is 0 Å². The fourth-order valence-electron chi connectivity index (χ4n) is 1.41. The Morgan fingerprint density at radius 1 is 1.50 bits per heavy atom. The summed E-state index contributed by atoms with van der Waals surface area (Å²) in [7, 11) is 1.36. The maximum atomic E-state index is 11.9. The van der Waals surface area contributed by atoms with Crippen LogP contribution < -0.4 is 10.1 Å². The van der Waals surface area contributed by atoms with E-state index in [2.05, 4.69) is 10.5 Å². The summed E-state index contributed by atoms with van der Waals surface area (Å²) in [5.41, 5.74) is -0.322. The first-order chi connectivity index (χ1) is 9.51. The second-order valence-electron chi connectivity index (χ2n) is 3.61. The summed E-state index contributed by atoms with van der Waals surface area (Å²) in [5, 5.41) is 16.9. The third-order valence-corrected chi connectivity index (χ3v) is 2.56. The van der Waals surface area contributed by atoms with Gasteiger partial charge in [0.2, 0.25) is 5.76 Å². The van der Waals surface area contributed by atoms with E-state index >= 15 is 0 Å². The number of benzene rings is 1. The largest absolute Gasteiger partial charge is 0.479 e. The molecule has 2 rings (SSSR count). The van der Waals surface area contributed by atoms with E-state index in [0.29, 0.717) is 0 Å². The molecule has 20 heavy (non-hydrogen) atoms. The highest BCUT2D eigenvalue weighted by molar-refractivity contribution is 6.31. The van der Waals surface area contributed by atoms with Crippen LogP contribution in [-0.2, 0) is 0 Å². The van der Waals surface area contributed by atoms with Crippen molar-refractivity contribution in [3.8, 4) is 5.88 Å². The molecule has 0 aliphatic heterocycles. The summed E-state index contributed by atoms with van der Waals surface area (Å²) < 4.78 is 9.49. The number of ether oxygens (including phenoxy) is 1. The van der Waals surface area contributed by atoms with Crippen LogP contribution in [0.2, 0.25) is 5.02 Å². The number of rotatable bonds is 4. The summed E-state index contributed by atoms with van der Waals surface area (Å²) in [6, 6.07) is 5.07. The molecule has 1 heterocycles. The van der Waals surface area contributed by atoms with Gasteiger partial charge < -0.3 is 14.6 Å². The van der Waals surface area contributed by atoms with Crippen LogP contribution in [-0.4, -0.2) is 23.1 Å². The molecule has 0 saturated heterocycles. The molecular weight excluding hydrogens is 290 g/mol. The van der Waals surface area contributed by atoms with E-state index in [9.17, 15) is 14.9 Å². The number of hydrogen-bond acceptors (Lipinski definition) is 6. The van der Waals surface area contributed by atoms with Crippen LogP contribution in [0.3, 0.4) is 0 Å². The minimum absolute atomic E-state index is 0.0390. The number of aromatic nitrogens is 1. The summed E-state index contributed by atoms with van der Waals surface area (Å²) >= 11 is 5.75. The zero-order valence-corrected chi connectivity index (χ0v) is 10.9. The molecule has 1 N–H and O–H groups in total. The van der Waals surface area contributed by atoms with E-state index < -0.39 is 10.8 Å². The highest BCUT2D eigenvalue weighted by Crippen LogP contribution is 2.28. The Kier molecular flexibility index (Phi) is 3.85. The van der Waals surface area contributed by atoms with Crippen LogP contribution in [0.15, 0.2) is 28.8 Å². The van der Waals surface area contributed by atoms with Crippen LogP contribution in [0.4, 0.5) is 11.4 Å². The van der Waals surface area contributed by atoms with Crippen LogP contribution in [0.25, 0.3) is 0 Å². The van der Waals surface area contributed by atoms with Gasteiger partial charge in [-0.2, -0.15) is 0 Å². The van der Waals surface area contributed by atoms with E-state index in [4.69, 9.17) is 20.9 Å². The Bertz CT molecular complexity index is 670. The Hall–Kier alpha value is -2.61. The number of amides is 1. The van der Waals surface area contributed by atoms with Crippen molar-refractivity contribution < 1.29 is 19.0 Å². The van der Waals surface area contributed by atoms with Gasteiger partial charge in [-0.05, 0) is 17.3 Å². The molecule has 0 atom stereocenters. The van der Waals surface area contributed by atoms with Gasteiger partial charge in [0.1, 0.15) is 5.69 Å². The minimum atomic E-state index is -0.703. The van der Waals surface area contributed by atoms with Crippen LogP contribution in [0, 0.1) is 10.1 Å². The lowest BCUT2D eigenvalue weighted by Gasteiger charge is -2.04. The number of nitro groups is 1. The number of methoxy groups -OCH3 is 1. The molecule has 8 nitrogen and oxygen atoms in total. The number of carbonyl (C=O) groups is 1. The van der Waals surface area contributed by atoms with Gasteiger partial charge in [-0.25, -0.2) is 0 Å². The lowest BCUT2D eigenvalue weighted by molar-refractivity contribution is -0.383. The molecule has 1 amide bonds. The number of halogens is 1. The van der Waals surface area contributed by atoms with Gasteiger partial charge in [0.05, 0.1) is 18.1 Å². The molecule has 0 unspecified atom stereocenters. The quantitative estimate of drug-likeness (QED) is 0.686. The Balaban J connectivity index is 2.27. The number of anilines is 1. The summed E-state index contributed by atoms with van der Waals surface area (Å²) in [6.45, 7) is 0. The number of hydrogen-bond donors (Lipinski definition) is 1. The molecular formula is C11H8ClN3O5. The number of nitro benzene ring substituents is 1. The average Bonchev–Trinajstić information content (AvgIpc) is 2.87. The first-order valence-corrected chi connectivity index (χ1v) is 5.65. The maximum absolute atomic E-state index is 11.9. The van der Waals surface area contributed by atoms with Crippen LogP contribution >= 0.6 is 11.6 Å². The zero-order valence-electron chi connectivity index (χ0n) is 10.1. The lowest BCUT2D eigenvalue weighted by atomic mass is 10.2. The fourth-order valence-corrected chi connectivity index (χ4v) is 1.59. The number of carbonyl (C=O) groups excluding carboxylic acids is 1. The van der Waals surface area contributed by atoms with Gasteiger partial charge in [0.15, 0.2) is 0 Å². The highest BCUT2D eigenvalue weighted by Gasteiger charge is 2.19. The van der Waals surface area contributed by atoms with Gasteiger partial charge >= 0.3 is 0 Å². The number of nitrogens with one attached hydrogen (secondary N) is 1. The van der Waals surface area contributed by atoms with Crippen molar-refractivity contribution >= 4 is 28.9 Å². The van der Waals surface area contributed by atoms with Gasteiger partial charge in [-0.1, -0.05) is 11.6 Å². The summed E-state index contributed by atoms with van der Waals surface area (Å²) in [4.78, 5) is 22.1. The first kappa shape index (κ1) is 13.8. The molecule has 2 aromatic rings. The van der Waals surface area contributed by atoms with E-state index in [0.717, 1.165) is 0 Å². The Labute approximate surface area is 117 Å². The van der Waals surface area contributed by atoms with E-state index in [1.54, 1.807) is 0 Å². The molecule has 0 aliphatic rings. The molecule has 9 heteroatoms. The summed E-state index contributed by atoms with van der Waals surface area (Å²) in [5.74, 6) is -0.724. The normalized spacial score (nSPS) is 10.1. The molecule has 0 fully saturated rings. The maximum Gasteiger partial charge on any atom is 0.294 e. The second kappa shape index (κ2) is 5.57. The minimum Gasteiger partial charge on any atom is -0.479 e.